The van der Waals surface area contributed by atoms with Crippen LogP contribution < -0.4 is 5.32 Å². The van der Waals surface area contributed by atoms with Gasteiger partial charge in [-0.25, -0.2) is 4.57 Å². The second-order valence-electron chi connectivity index (χ2n) is 12.9. The number of phosphoric acid groups is 1. The molecule has 1 amide bonds. The van der Waals surface area contributed by atoms with Crippen molar-refractivity contribution in [2.45, 2.75) is 148 Å². The molecule has 0 saturated carbocycles. The minimum Gasteiger partial charge on any atom is -0.387 e. The number of phosphoric ester groups is 1. The first-order chi connectivity index (χ1) is 20.5. The highest BCUT2D eigenvalue weighted by Crippen LogP contribution is 2.43. The van der Waals surface area contributed by atoms with Crippen molar-refractivity contribution < 1.29 is 32.9 Å². The molecule has 0 radical (unpaired) electrons. The Morgan fingerprint density at radius 2 is 1.28 bits per heavy atom. The highest BCUT2D eigenvalue weighted by atomic mass is 31.2. The van der Waals surface area contributed by atoms with Gasteiger partial charge in [0.05, 0.1) is 39.9 Å². The van der Waals surface area contributed by atoms with Gasteiger partial charge in [-0.3, -0.25) is 13.8 Å². The van der Waals surface area contributed by atoms with Crippen LogP contribution in [0.15, 0.2) is 24.3 Å². The van der Waals surface area contributed by atoms with Crippen molar-refractivity contribution in [3.63, 3.8) is 0 Å². The summed E-state index contributed by atoms with van der Waals surface area (Å²) < 4.78 is 23.3. The number of nitrogens with zero attached hydrogens (tertiary/aromatic N) is 1. The molecule has 0 fully saturated rings. The van der Waals surface area contributed by atoms with Gasteiger partial charge in [0.2, 0.25) is 5.91 Å². The van der Waals surface area contributed by atoms with Crippen molar-refractivity contribution in [3.8, 4) is 0 Å². The Labute approximate surface area is 264 Å². The molecule has 0 heterocycles. The standard InChI is InChI=1S/C34H67N2O6P/c1-6-8-10-12-14-16-18-20-22-24-26-28-34(38)35-32(31-42-43(39,40)41-30-29-36(3,4)5)33(37)27-25-23-21-19-17-15-13-11-9-7-2/h12,14,25,27,32-33,37H,6-11,13,15-24,26,28-31H2,1-5H3,(H-,35,38,39,40)/p+1/b14-12-,27-25+. The number of unbranched alkanes of at least 4 members (excludes halogenated alkanes) is 15. The van der Waals surface area contributed by atoms with Crippen molar-refractivity contribution in [2.75, 3.05) is 40.9 Å². The van der Waals surface area contributed by atoms with Gasteiger partial charge in [0, 0.05) is 6.42 Å². The summed E-state index contributed by atoms with van der Waals surface area (Å²) in [6.45, 7) is 4.71. The molecular weight excluding hydrogens is 563 g/mol. The first kappa shape index (κ1) is 42.0. The molecule has 3 atom stereocenters. The Kier molecular flexibility index (Phi) is 26.7. The fraction of sp³-hybridized carbons (Fsp3) is 0.853. The lowest BCUT2D eigenvalue weighted by Gasteiger charge is -2.25. The first-order valence-electron chi connectivity index (χ1n) is 17.2. The third kappa shape index (κ3) is 29.5. The van der Waals surface area contributed by atoms with Gasteiger partial charge >= 0.3 is 7.82 Å². The van der Waals surface area contributed by atoms with Crippen LogP contribution in [-0.4, -0.2) is 73.4 Å². The van der Waals surface area contributed by atoms with Crippen molar-refractivity contribution in [3.05, 3.63) is 24.3 Å². The normalized spacial score (nSPS) is 15.2. The molecule has 254 valence electrons. The lowest BCUT2D eigenvalue weighted by Crippen LogP contribution is -2.45. The molecule has 0 aromatic heterocycles. The highest BCUT2D eigenvalue weighted by Gasteiger charge is 2.27. The van der Waals surface area contributed by atoms with Crippen LogP contribution in [0.1, 0.15) is 136 Å². The van der Waals surface area contributed by atoms with Gasteiger partial charge in [-0.15, -0.1) is 0 Å². The zero-order valence-corrected chi connectivity index (χ0v) is 29.3. The number of hydrogen-bond donors (Lipinski definition) is 3. The summed E-state index contributed by atoms with van der Waals surface area (Å²) in [7, 11) is 1.56. The molecule has 0 spiro atoms. The van der Waals surface area contributed by atoms with Crippen LogP contribution in [0.4, 0.5) is 0 Å². The number of carbonyl (C=O) groups is 1. The Balaban J connectivity index is 4.64. The van der Waals surface area contributed by atoms with E-state index in [1.54, 1.807) is 6.08 Å². The molecular formula is C34H68N2O6P+. The average Bonchev–Trinajstić information content (AvgIpc) is 2.94. The Hall–Kier alpha value is -1.02. The largest absolute Gasteiger partial charge is 0.472 e. The summed E-state index contributed by atoms with van der Waals surface area (Å²) >= 11 is 0. The SMILES string of the molecule is CCCC/C=C\CCCCCCCC(=O)NC(COP(=O)(O)OCC[N+](C)(C)C)C(O)/C=C/CCCCCCCCCC. The number of likely N-dealkylation sites (N-methyl/N-ethyl adjacent to an activating group) is 1. The lowest BCUT2D eigenvalue weighted by atomic mass is 10.1. The van der Waals surface area contributed by atoms with E-state index in [-0.39, 0.29) is 19.1 Å². The summed E-state index contributed by atoms with van der Waals surface area (Å²) in [6.07, 6.45) is 28.1. The monoisotopic (exact) mass is 631 g/mol. The van der Waals surface area contributed by atoms with Crippen LogP contribution >= 0.6 is 7.82 Å². The van der Waals surface area contributed by atoms with Crippen LogP contribution in [0.3, 0.4) is 0 Å². The molecule has 3 unspecified atom stereocenters. The molecule has 0 aliphatic carbocycles. The van der Waals surface area contributed by atoms with Crippen molar-refractivity contribution in [1.82, 2.24) is 5.32 Å². The minimum absolute atomic E-state index is 0.0600. The molecule has 3 N–H and O–H groups in total. The smallest absolute Gasteiger partial charge is 0.387 e. The first-order valence-corrected chi connectivity index (χ1v) is 18.7. The number of amides is 1. The number of allylic oxidation sites excluding steroid dienone is 3. The minimum atomic E-state index is -4.32. The van der Waals surface area contributed by atoms with E-state index in [1.165, 1.54) is 64.2 Å². The third-order valence-corrected chi connectivity index (χ3v) is 8.40. The molecule has 0 rings (SSSR count). The van der Waals surface area contributed by atoms with Gasteiger partial charge in [-0.1, -0.05) is 115 Å². The van der Waals surface area contributed by atoms with Crippen LogP contribution in [0.5, 0.6) is 0 Å². The molecule has 0 aliphatic heterocycles. The van der Waals surface area contributed by atoms with E-state index < -0.39 is 20.0 Å². The average molecular weight is 632 g/mol. The van der Waals surface area contributed by atoms with Gasteiger partial charge in [0.1, 0.15) is 13.2 Å². The summed E-state index contributed by atoms with van der Waals surface area (Å²) in [6, 6.07) is -0.843. The summed E-state index contributed by atoms with van der Waals surface area (Å²) in [5.74, 6) is -0.193. The van der Waals surface area contributed by atoms with E-state index in [1.807, 2.05) is 27.2 Å². The molecule has 0 aromatic carbocycles. The van der Waals surface area contributed by atoms with E-state index in [0.29, 0.717) is 17.4 Å². The van der Waals surface area contributed by atoms with E-state index in [9.17, 15) is 19.4 Å². The van der Waals surface area contributed by atoms with Crippen molar-refractivity contribution in [1.29, 1.82) is 0 Å². The van der Waals surface area contributed by atoms with E-state index >= 15 is 0 Å². The van der Waals surface area contributed by atoms with E-state index in [2.05, 4.69) is 31.3 Å². The summed E-state index contributed by atoms with van der Waals surface area (Å²) in [5.41, 5.74) is 0. The Bertz CT molecular complexity index is 768. The van der Waals surface area contributed by atoms with Crippen LogP contribution in [-0.2, 0) is 18.4 Å². The molecule has 0 aliphatic rings. The number of rotatable bonds is 30. The highest BCUT2D eigenvalue weighted by molar-refractivity contribution is 7.47. The van der Waals surface area contributed by atoms with Crippen LogP contribution in [0.2, 0.25) is 0 Å². The third-order valence-electron chi connectivity index (χ3n) is 7.42. The van der Waals surface area contributed by atoms with Gasteiger partial charge in [0.25, 0.3) is 0 Å². The molecule has 0 bridgehead atoms. The molecule has 8 nitrogen and oxygen atoms in total. The summed E-state index contributed by atoms with van der Waals surface area (Å²) in [5, 5.41) is 13.6. The molecule has 0 saturated heterocycles. The molecule has 0 aromatic rings. The zero-order valence-electron chi connectivity index (χ0n) is 28.4. The van der Waals surface area contributed by atoms with Gasteiger partial charge < -0.3 is 19.8 Å². The second kappa shape index (κ2) is 27.3. The fourth-order valence-corrected chi connectivity index (χ4v) is 5.28. The predicted molar refractivity (Wildman–Crippen MR) is 180 cm³/mol. The molecule has 9 heteroatoms. The van der Waals surface area contributed by atoms with Gasteiger partial charge in [0.15, 0.2) is 0 Å². The number of hydrogen-bond acceptors (Lipinski definition) is 5. The maximum Gasteiger partial charge on any atom is 0.472 e. The predicted octanol–water partition coefficient (Wildman–Crippen LogP) is 8.24. The number of aliphatic hydroxyl groups is 1. The van der Waals surface area contributed by atoms with Crippen LogP contribution in [0, 0.1) is 0 Å². The summed E-state index contributed by atoms with van der Waals surface area (Å²) in [4.78, 5) is 22.8. The zero-order chi connectivity index (χ0) is 32.2. The number of carbonyl (C=O) groups excluding carboxylic acids is 1. The van der Waals surface area contributed by atoms with Gasteiger partial charge in [-0.05, 0) is 38.5 Å². The Morgan fingerprint density at radius 3 is 1.86 bits per heavy atom. The Morgan fingerprint density at radius 1 is 0.767 bits per heavy atom. The van der Waals surface area contributed by atoms with Crippen LogP contribution in [0.25, 0.3) is 0 Å². The lowest BCUT2D eigenvalue weighted by molar-refractivity contribution is -0.870. The van der Waals surface area contributed by atoms with E-state index in [4.69, 9.17) is 9.05 Å². The number of aliphatic hydroxyl groups excluding tert-OH is 1. The van der Waals surface area contributed by atoms with Gasteiger partial charge in [-0.2, -0.15) is 0 Å². The second-order valence-corrected chi connectivity index (χ2v) is 14.3. The van der Waals surface area contributed by atoms with Crippen molar-refractivity contribution >= 4 is 13.7 Å². The van der Waals surface area contributed by atoms with E-state index in [0.717, 1.165) is 51.4 Å². The molecule has 43 heavy (non-hydrogen) atoms. The number of nitrogens with one attached hydrogen (secondary N) is 1. The fourth-order valence-electron chi connectivity index (χ4n) is 4.55. The maximum absolute atomic E-state index is 12.7. The maximum atomic E-state index is 12.7. The van der Waals surface area contributed by atoms with Crippen molar-refractivity contribution in [2.24, 2.45) is 0 Å². The topological polar surface area (TPSA) is 105 Å². The quantitative estimate of drug-likeness (QED) is 0.0319. The number of quaternary nitrogens is 1.